The van der Waals surface area contributed by atoms with E-state index in [1.807, 2.05) is 42.5 Å². The van der Waals surface area contributed by atoms with Gasteiger partial charge in [0, 0.05) is 30.3 Å². The first-order valence-electron chi connectivity index (χ1n) is 12.8. The van der Waals surface area contributed by atoms with Crippen LogP contribution in [0.2, 0.25) is 0 Å². The van der Waals surface area contributed by atoms with Crippen molar-refractivity contribution < 1.29 is 24.1 Å². The third kappa shape index (κ3) is 7.30. The summed E-state index contributed by atoms with van der Waals surface area (Å²) in [6, 6.07) is 25.7. The summed E-state index contributed by atoms with van der Waals surface area (Å²) in [6.45, 7) is 7.39. The number of carbonyl (C=O) groups is 1. The van der Waals surface area contributed by atoms with Crippen molar-refractivity contribution in [3.63, 3.8) is 0 Å². The SMILES string of the molecule is C=CCOC(=O)Nc1ccc([C@@H]2O[C@H](CN(C)Cc3ccccc3)[C@H](C)[C@H](c3ccc(CO)cc3)O2)cc1. The molecule has 1 saturated heterocycles. The molecule has 1 aliphatic heterocycles. The molecule has 1 amide bonds. The molecule has 7 heteroatoms. The summed E-state index contributed by atoms with van der Waals surface area (Å²) >= 11 is 0. The smallest absolute Gasteiger partial charge is 0.411 e. The Morgan fingerprint density at radius 1 is 1.00 bits per heavy atom. The van der Waals surface area contributed by atoms with E-state index in [0.29, 0.717) is 5.69 Å². The van der Waals surface area contributed by atoms with Crippen LogP contribution in [0.5, 0.6) is 0 Å². The molecule has 200 valence electrons. The third-order valence-corrected chi connectivity index (χ3v) is 6.67. The third-order valence-electron chi connectivity index (χ3n) is 6.67. The Morgan fingerprint density at radius 2 is 1.68 bits per heavy atom. The molecule has 0 unspecified atom stereocenters. The summed E-state index contributed by atoms with van der Waals surface area (Å²) in [5, 5.41) is 12.2. The van der Waals surface area contributed by atoms with Crippen molar-refractivity contribution in [2.24, 2.45) is 5.92 Å². The van der Waals surface area contributed by atoms with Crippen molar-refractivity contribution in [3.8, 4) is 0 Å². The molecule has 0 bridgehead atoms. The van der Waals surface area contributed by atoms with Crippen LogP contribution >= 0.6 is 0 Å². The zero-order valence-corrected chi connectivity index (χ0v) is 22.0. The number of rotatable bonds is 10. The molecule has 3 aromatic rings. The number of ether oxygens (including phenoxy) is 3. The van der Waals surface area contributed by atoms with Crippen LogP contribution in [-0.4, -0.2) is 42.4 Å². The van der Waals surface area contributed by atoms with E-state index in [0.717, 1.165) is 29.8 Å². The number of carbonyl (C=O) groups excluding carboxylic acids is 1. The molecule has 4 atom stereocenters. The maximum absolute atomic E-state index is 11.9. The molecular formula is C31H36N2O5. The Hall–Kier alpha value is -3.49. The van der Waals surface area contributed by atoms with Crippen molar-refractivity contribution in [3.05, 3.63) is 114 Å². The van der Waals surface area contributed by atoms with Crippen molar-refractivity contribution >= 4 is 11.8 Å². The Bertz CT molecular complexity index is 1170. The van der Waals surface area contributed by atoms with Crippen LogP contribution in [-0.2, 0) is 27.4 Å². The molecule has 3 aromatic carbocycles. The van der Waals surface area contributed by atoms with Gasteiger partial charge in [-0.05, 0) is 35.9 Å². The molecule has 2 N–H and O–H groups in total. The van der Waals surface area contributed by atoms with Crippen LogP contribution in [0.25, 0.3) is 0 Å². The molecule has 0 aliphatic carbocycles. The number of aliphatic hydroxyl groups excluding tert-OH is 1. The monoisotopic (exact) mass is 516 g/mol. The van der Waals surface area contributed by atoms with E-state index in [1.54, 1.807) is 12.1 Å². The van der Waals surface area contributed by atoms with Crippen LogP contribution in [0.1, 0.15) is 41.6 Å². The maximum atomic E-state index is 11.9. The summed E-state index contributed by atoms with van der Waals surface area (Å²) in [5.41, 5.74) is 4.62. The van der Waals surface area contributed by atoms with Gasteiger partial charge in [-0.25, -0.2) is 4.79 Å². The Morgan fingerprint density at radius 3 is 2.34 bits per heavy atom. The summed E-state index contributed by atoms with van der Waals surface area (Å²) in [4.78, 5) is 14.1. The fourth-order valence-electron chi connectivity index (χ4n) is 4.61. The minimum absolute atomic E-state index is 0.00150. The van der Waals surface area contributed by atoms with Crippen molar-refractivity contribution in [2.75, 3.05) is 25.5 Å². The average Bonchev–Trinajstić information content (AvgIpc) is 2.94. The molecule has 38 heavy (non-hydrogen) atoms. The molecule has 1 fully saturated rings. The van der Waals surface area contributed by atoms with E-state index in [4.69, 9.17) is 14.2 Å². The highest BCUT2D eigenvalue weighted by atomic mass is 16.7. The molecule has 7 nitrogen and oxygen atoms in total. The zero-order valence-electron chi connectivity index (χ0n) is 22.0. The quantitative estimate of drug-likeness (QED) is 0.330. The number of benzene rings is 3. The molecule has 1 heterocycles. The van der Waals surface area contributed by atoms with Gasteiger partial charge in [0.15, 0.2) is 6.29 Å². The lowest BCUT2D eigenvalue weighted by Crippen LogP contribution is -2.43. The van der Waals surface area contributed by atoms with Crippen LogP contribution < -0.4 is 5.32 Å². The van der Waals surface area contributed by atoms with Gasteiger partial charge in [-0.15, -0.1) is 0 Å². The van der Waals surface area contributed by atoms with Crippen molar-refractivity contribution in [2.45, 2.75) is 38.6 Å². The van der Waals surface area contributed by atoms with E-state index in [-0.39, 0.29) is 31.3 Å². The van der Waals surface area contributed by atoms with Gasteiger partial charge in [0.05, 0.1) is 18.8 Å². The second-order valence-corrected chi connectivity index (χ2v) is 9.64. The van der Waals surface area contributed by atoms with Crippen LogP contribution in [0.4, 0.5) is 10.5 Å². The molecule has 4 rings (SSSR count). The lowest BCUT2D eigenvalue weighted by molar-refractivity contribution is -0.276. The molecule has 0 spiro atoms. The number of amides is 1. The number of anilines is 1. The second kappa shape index (κ2) is 13.3. The van der Waals surface area contributed by atoms with Gasteiger partial charge in [-0.3, -0.25) is 10.2 Å². The van der Waals surface area contributed by atoms with Gasteiger partial charge in [0.25, 0.3) is 0 Å². The predicted molar refractivity (Wildman–Crippen MR) is 147 cm³/mol. The van der Waals surface area contributed by atoms with E-state index in [1.165, 1.54) is 11.6 Å². The number of hydrogen-bond donors (Lipinski definition) is 2. The maximum Gasteiger partial charge on any atom is 0.411 e. The zero-order chi connectivity index (χ0) is 26.9. The predicted octanol–water partition coefficient (Wildman–Crippen LogP) is 5.84. The lowest BCUT2D eigenvalue weighted by atomic mass is 9.90. The average molecular weight is 517 g/mol. The molecular weight excluding hydrogens is 480 g/mol. The van der Waals surface area contributed by atoms with Gasteiger partial charge < -0.3 is 19.3 Å². The highest BCUT2D eigenvalue weighted by Gasteiger charge is 2.38. The Kier molecular flexibility index (Phi) is 9.67. The summed E-state index contributed by atoms with van der Waals surface area (Å²) in [7, 11) is 2.10. The van der Waals surface area contributed by atoms with E-state index < -0.39 is 12.4 Å². The standard InChI is InChI=1S/C31H36N2O5/c1-4-18-36-31(35)32-27-16-14-26(15-17-27)30-37-28(20-33(3)19-23-8-6-5-7-9-23)22(2)29(38-30)25-12-10-24(21-34)11-13-25/h4-17,22,28-30,34H,1,18-21H2,2-3H3,(H,32,35)/t22-,28+,29+,30+/m0/s1. The fraction of sp³-hybridized carbons (Fsp3) is 0.323. The molecule has 0 saturated carbocycles. The number of aliphatic hydroxyl groups is 1. The minimum Gasteiger partial charge on any atom is -0.445 e. The highest BCUT2D eigenvalue weighted by molar-refractivity contribution is 5.84. The summed E-state index contributed by atoms with van der Waals surface area (Å²) in [6.07, 6.45) is 0.123. The first kappa shape index (κ1) is 27.5. The Labute approximate surface area is 224 Å². The van der Waals surface area contributed by atoms with Gasteiger partial charge in [0.2, 0.25) is 0 Å². The fourth-order valence-corrected chi connectivity index (χ4v) is 4.61. The number of likely N-dealkylation sites (N-methyl/N-ethyl adjacent to an activating group) is 1. The van der Waals surface area contributed by atoms with E-state index >= 15 is 0 Å². The summed E-state index contributed by atoms with van der Waals surface area (Å²) in [5.74, 6) is 0.0880. The lowest BCUT2D eigenvalue weighted by Gasteiger charge is -2.42. The largest absolute Gasteiger partial charge is 0.445 e. The molecule has 1 aliphatic rings. The van der Waals surface area contributed by atoms with E-state index in [9.17, 15) is 9.90 Å². The topological polar surface area (TPSA) is 80.3 Å². The normalized spacial score (nSPS) is 21.2. The molecule has 0 radical (unpaired) electrons. The van der Waals surface area contributed by atoms with Crippen LogP contribution in [0, 0.1) is 5.92 Å². The minimum atomic E-state index is -0.578. The van der Waals surface area contributed by atoms with Gasteiger partial charge >= 0.3 is 6.09 Å². The van der Waals surface area contributed by atoms with Crippen LogP contribution in [0.15, 0.2) is 91.5 Å². The highest BCUT2D eigenvalue weighted by Crippen LogP contribution is 2.42. The van der Waals surface area contributed by atoms with Gasteiger partial charge in [-0.1, -0.05) is 86.3 Å². The number of hydrogen-bond acceptors (Lipinski definition) is 6. The first-order chi connectivity index (χ1) is 18.5. The number of nitrogens with zero attached hydrogens (tertiary/aromatic N) is 1. The Balaban J connectivity index is 1.52. The first-order valence-corrected chi connectivity index (χ1v) is 12.8. The van der Waals surface area contributed by atoms with Crippen LogP contribution in [0.3, 0.4) is 0 Å². The van der Waals surface area contributed by atoms with E-state index in [2.05, 4.69) is 55.0 Å². The molecule has 0 aromatic heterocycles. The summed E-state index contributed by atoms with van der Waals surface area (Å²) < 4.78 is 18.0. The van der Waals surface area contributed by atoms with Gasteiger partial charge in [-0.2, -0.15) is 0 Å². The van der Waals surface area contributed by atoms with Crippen molar-refractivity contribution in [1.82, 2.24) is 4.90 Å². The van der Waals surface area contributed by atoms with Crippen molar-refractivity contribution in [1.29, 1.82) is 0 Å². The second-order valence-electron chi connectivity index (χ2n) is 9.64. The van der Waals surface area contributed by atoms with Gasteiger partial charge in [0.1, 0.15) is 6.61 Å². The number of nitrogens with one attached hydrogen (secondary N) is 1.